The van der Waals surface area contributed by atoms with Crippen molar-refractivity contribution in [2.24, 2.45) is 0 Å². The lowest BCUT2D eigenvalue weighted by Crippen LogP contribution is -2.26. The predicted molar refractivity (Wildman–Crippen MR) is 112 cm³/mol. The van der Waals surface area contributed by atoms with Crippen LogP contribution in [0.2, 0.25) is 0 Å². The number of aryl methyl sites for hydroxylation is 2. The Morgan fingerprint density at radius 2 is 1.74 bits per heavy atom. The van der Waals surface area contributed by atoms with Crippen LogP contribution >= 0.6 is 0 Å². The van der Waals surface area contributed by atoms with Gasteiger partial charge in [0.1, 0.15) is 0 Å². The first-order chi connectivity index (χ1) is 14.7. The van der Waals surface area contributed by atoms with Crippen LogP contribution in [0, 0.1) is 20.8 Å². The van der Waals surface area contributed by atoms with E-state index in [0.29, 0.717) is 28.2 Å². The molecule has 2 heterocycles. The Kier molecular flexibility index (Phi) is 6.33. The van der Waals surface area contributed by atoms with Crippen LogP contribution < -0.4 is 0 Å². The van der Waals surface area contributed by atoms with E-state index in [1.807, 2.05) is 18.2 Å². The summed E-state index contributed by atoms with van der Waals surface area (Å²) in [5.41, 5.74) is 2.57. The van der Waals surface area contributed by atoms with Crippen molar-refractivity contribution >= 4 is 17.7 Å². The fraction of sp³-hybridized carbons (Fsp3) is 0.318. The molecular formula is C22H24N4O5. The van der Waals surface area contributed by atoms with Crippen LogP contribution in [0.25, 0.3) is 5.69 Å². The Balaban J connectivity index is 1.78. The van der Waals surface area contributed by atoms with Gasteiger partial charge in [0.25, 0.3) is 0 Å². The summed E-state index contributed by atoms with van der Waals surface area (Å²) in [4.78, 5) is 41.9. The van der Waals surface area contributed by atoms with Gasteiger partial charge in [-0.05, 0) is 52.3 Å². The Hall–Kier alpha value is -3.75. The average molecular weight is 424 g/mol. The standard InChI is InChI=1S/C22H24N4O5/c1-6-30-21(28)17-12(2)18(23-13(17)3)20(27)15(5)31-22(29)19-14(4)24-26(25-19)16-10-8-7-9-11-16/h7-11,15,23H,6H2,1-5H3. The highest BCUT2D eigenvalue weighted by atomic mass is 16.5. The van der Waals surface area contributed by atoms with Crippen LogP contribution in [0.1, 0.15) is 62.1 Å². The number of rotatable bonds is 7. The van der Waals surface area contributed by atoms with E-state index in [9.17, 15) is 14.4 Å². The van der Waals surface area contributed by atoms with Crippen molar-refractivity contribution in [3.05, 3.63) is 64.2 Å². The van der Waals surface area contributed by atoms with Gasteiger partial charge >= 0.3 is 11.9 Å². The second-order valence-corrected chi connectivity index (χ2v) is 7.02. The topological polar surface area (TPSA) is 116 Å². The van der Waals surface area contributed by atoms with E-state index in [0.717, 1.165) is 0 Å². The van der Waals surface area contributed by atoms with Gasteiger partial charge in [-0.3, -0.25) is 4.79 Å². The number of carbonyl (C=O) groups excluding carboxylic acids is 3. The molecule has 3 aromatic rings. The Bertz CT molecular complexity index is 1130. The molecule has 31 heavy (non-hydrogen) atoms. The molecule has 9 nitrogen and oxygen atoms in total. The summed E-state index contributed by atoms with van der Waals surface area (Å²) < 4.78 is 10.4. The van der Waals surface area contributed by atoms with Crippen LogP contribution in [0.3, 0.4) is 0 Å². The number of nitrogens with one attached hydrogen (secondary N) is 1. The Labute approximate surface area is 179 Å². The fourth-order valence-electron chi connectivity index (χ4n) is 3.22. The number of aromatic amines is 1. The molecule has 0 aliphatic rings. The van der Waals surface area contributed by atoms with Crippen molar-refractivity contribution in [1.29, 1.82) is 0 Å². The quantitative estimate of drug-likeness (QED) is 0.457. The number of benzene rings is 1. The highest BCUT2D eigenvalue weighted by Gasteiger charge is 2.29. The molecule has 1 unspecified atom stereocenters. The molecule has 0 saturated carbocycles. The molecule has 0 spiro atoms. The summed E-state index contributed by atoms with van der Waals surface area (Å²) in [6.07, 6.45) is -1.10. The minimum atomic E-state index is -1.10. The van der Waals surface area contributed by atoms with Crippen molar-refractivity contribution in [2.45, 2.75) is 40.7 Å². The fourth-order valence-corrected chi connectivity index (χ4v) is 3.22. The number of esters is 2. The Morgan fingerprint density at radius 1 is 1.06 bits per heavy atom. The predicted octanol–water partition coefficient (Wildman–Crippen LogP) is 3.13. The maximum absolute atomic E-state index is 12.9. The van der Waals surface area contributed by atoms with Gasteiger partial charge in [-0.2, -0.15) is 9.90 Å². The summed E-state index contributed by atoms with van der Waals surface area (Å²) in [5.74, 6) is -1.73. The van der Waals surface area contributed by atoms with Gasteiger partial charge in [0.15, 0.2) is 11.8 Å². The number of H-pyrrole nitrogens is 1. The molecule has 162 valence electrons. The normalized spacial score (nSPS) is 11.8. The molecule has 1 aromatic carbocycles. The molecule has 1 N–H and O–H groups in total. The third-order valence-corrected chi connectivity index (χ3v) is 4.78. The second kappa shape index (κ2) is 8.95. The lowest BCUT2D eigenvalue weighted by molar-refractivity contribution is 0.0309. The number of carbonyl (C=O) groups is 3. The molecular weight excluding hydrogens is 400 g/mol. The van der Waals surface area contributed by atoms with Crippen LogP contribution in [-0.2, 0) is 9.47 Å². The summed E-state index contributed by atoms with van der Waals surface area (Å²) in [7, 11) is 0. The summed E-state index contributed by atoms with van der Waals surface area (Å²) in [6.45, 7) is 8.36. The SMILES string of the molecule is CCOC(=O)c1c(C)[nH]c(C(=O)C(C)OC(=O)c2nn(-c3ccccc3)nc2C)c1C. The maximum Gasteiger partial charge on any atom is 0.361 e. The molecule has 0 radical (unpaired) electrons. The molecule has 0 amide bonds. The van der Waals surface area contributed by atoms with Gasteiger partial charge in [0, 0.05) is 5.69 Å². The number of ketones is 1. The molecule has 0 aliphatic heterocycles. The summed E-state index contributed by atoms with van der Waals surface area (Å²) in [5, 5.41) is 8.44. The van der Waals surface area contributed by atoms with E-state index in [1.54, 1.807) is 39.8 Å². The first-order valence-electron chi connectivity index (χ1n) is 9.85. The maximum atomic E-state index is 12.9. The number of Topliss-reactive ketones (excluding diaryl/α,β-unsaturated/α-hetero) is 1. The molecule has 0 fully saturated rings. The van der Waals surface area contributed by atoms with E-state index in [-0.39, 0.29) is 18.0 Å². The van der Waals surface area contributed by atoms with Gasteiger partial charge in [-0.25, -0.2) is 9.59 Å². The average Bonchev–Trinajstić information content (AvgIpc) is 3.27. The van der Waals surface area contributed by atoms with Crippen LogP contribution in [0.15, 0.2) is 30.3 Å². The van der Waals surface area contributed by atoms with Crippen molar-refractivity contribution in [3.8, 4) is 5.69 Å². The van der Waals surface area contributed by atoms with Gasteiger partial charge in [-0.15, -0.1) is 5.10 Å². The number of aromatic nitrogens is 4. The highest BCUT2D eigenvalue weighted by molar-refractivity contribution is 6.04. The van der Waals surface area contributed by atoms with Crippen LogP contribution in [0.5, 0.6) is 0 Å². The molecule has 2 aromatic heterocycles. The number of hydrogen-bond donors (Lipinski definition) is 1. The van der Waals surface area contributed by atoms with Gasteiger partial charge in [0.05, 0.1) is 29.2 Å². The van der Waals surface area contributed by atoms with E-state index in [2.05, 4.69) is 15.2 Å². The zero-order valence-corrected chi connectivity index (χ0v) is 18.1. The number of para-hydroxylation sites is 1. The first kappa shape index (κ1) is 21.9. The molecule has 1 atom stereocenters. The summed E-state index contributed by atoms with van der Waals surface area (Å²) >= 11 is 0. The van der Waals surface area contributed by atoms with E-state index < -0.39 is 23.8 Å². The lowest BCUT2D eigenvalue weighted by Gasteiger charge is -2.11. The third kappa shape index (κ3) is 4.40. The smallest absolute Gasteiger partial charge is 0.361 e. The minimum absolute atomic E-state index is 0.0232. The van der Waals surface area contributed by atoms with E-state index in [4.69, 9.17) is 9.47 Å². The zero-order valence-electron chi connectivity index (χ0n) is 18.1. The zero-order chi connectivity index (χ0) is 22.7. The first-order valence-corrected chi connectivity index (χ1v) is 9.85. The second-order valence-electron chi connectivity index (χ2n) is 7.02. The van der Waals surface area contributed by atoms with Crippen LogP contribution in [-0.4, -0.2) is 50.4 Å². The molecule has 0 aliphatic carbocycles. The van der Waals surface area contributed by atoms with Crippen molar-refractivity contribution in [3.63, 3.8) is 0 Å². The van der Waals surface area contributed by atoms with Gasteiger partial charge < -0.3 is 14.5 Å². The van der Waals surface area contributed by atoms with Crippen molar-refractivity contribution in [2.75, 3.05) is 6.61 Å². The third-order valence-electron chi connectivity index (χ3n) is 4.78. The molecule has 3 rings (SSSR count). The monoisotopic (exact) mass is 424 g/mol. The van der Waals surface area contributed by atoms with E-state index >= 15 is 0 Å². The van der Waals surface area contributed by atoms with Crippen molar-refractivity contribution in [1.82, 2.24) is 20.0 Å². The molecule has 9 heteroatoms. The number of ether oxygens (including phenoxy) is 2. The number of hydrogen-bond acceptors (Lipinski definition) is 7. The van der Waals surface area contributed by atoms with Gasteiger partial charge in [0.2, 0.25) is 5.78 Å². The van der Waals surface area contributed by atoms with Crippen LogP contribution in [0.4, 0.5) is 0 Å². The highest BCUT2D eigenvalue weighted by Crippen LogP contribution is 2.21. The largest absolute Gasteiger partial charge is 0.462 e. The molecule has 0 saturated heterocycles. The van der Waals surface area contributed by atoms with Gasteiger partial charge in [-0.1, -0.05) is 18.2 Å². The number of nitrogens with zero attached hydrogens (tertiary/aromatic N) is 3. The lowest BCUT2D eigenvalue weighted by atomic mass is 10.1. The van der Waals surface area contributed by atoms with E-state index in [1.165, 1.54) is 11.7 Å². The molecule has 0 bridgehead atoms. The summed E-state index contributed by atoms with van der Waals surface area (Å²) in [6, 6.07) is 9.13. The minimum Gasteiger partial charge on any atom is -0.462 e. The van der Waals surface area contributed by atoms with Crippen molar-refractivity contribution < 1.29 is 23.9 Å². The Morgan fingerprint density at radius 3 is 2.39 bits per heavy atom.